The summed E-state index contributed by atoms with van der Waals surface area (Å²) in [5.41, 5.74) is 4.33. The molecule has 0 spiro atoms. The second-order valence-electron chi connectivity index (χ2n) is 7.02. The van der Waals surface area contributed by atoms with Gasteiger partial charge in [-0.1, -0.05) is 41.6 Å². The van der Waals surface area contributed by atoms with Crippen LogP contribution in [-0.4, -0.2) is 27.6 Å². The minimum Gasteiger partial charge on any atom is -0.497 e. The summed E-state index contributed by atoms with van der Waals surface area (Å²) in [7, 11) is 1.65. The van der Waals surface area contributed by atoms with Gasteiger partial charge in [0.15, 0.2) is 5.16 Å². The fourth-order valence-corrected chi connectivity index (χ4v) is 4.42. The third kappa shape index (κ3) is 5.00. The molecule has 0 atom stereocenters. The number of nitrogens with one attached hydrogen (secondary N) is 1. The maximum absolute atomic E-state index is 12.8. The second kappa shape index (κ2) is 9.41. The van der Waals surface area contributed by atoms with E-state index in [0.29, 0.717) is 16.5 Å². The van der Waals surface area contributed by atoms with Gasteiger partial charge in [-0.25, -0.2) is 4.98 Å². The van der Waals surface area contributed by atoms with Crippen molar-refractivity contribution < 1.29 is 9.53 Å². The number of fused-ring (bicyclic) bond motifs is 1. The average molecular weight is 453 g/mol. The van der Waals surface area contributed by atoms with Crippen LogP contribution in [0.15, 0.2) is 66.1 Å². The lowest BCUT2D eigenvalue weighted by Gasteiger charge is -2.11. The summed E-state index contributed by atoms with van der Waals surface area (Å²) in [6, 6.07) is 15.3. The number of carbonyl (C=O) groups is 1. The van der Waals surface area contributed by atoms with Gasteiger partial charge in [0.1, 0.15) is 12.3 Å². The molecule has 1 N–H and O–H groups in total. The first-order valence-electron chi connectivity index (χ1n) is 9.65. The highest BCUT2D eigenvalue weighted by molar-refractivity contribution is 7.98. The van der Waals surface area contributed by atoms with Gasteiger partial charge in [-0.3, -0.25) is 9.78 Å². The lowest BCUT2D eigenvalue weighted by molar-refractivity contribution is -0.116. The van der Waals surface area contributed by atoms with Crippen LogP contribution in [0.2, 0.25) is 5.02 Å². The number of thioether (sulfide) groups is 1. The van der Waals surface area contributed by atoms with Crippen molar-refractivity contribution in [3.05, 3.63) is 77.1 Å². The number of amides is 1. The van der Waals surface area contributed by atoms with Gasteiger partial charge in [0.25, 0.3) is 0 Å². The van der Waals surface area contributed by atoms with Gasteiger partial charge >= 0.3 is 0 Å². The molecule has 2 aromatic heterocycles. The van der Waals surface area contributed by atoms with Gasteiger partial charge < -0.3 is 14.6 Å². The van der Waals surface area contributed by atoms with Crippen molar-refractivity contribution in [2.75, 3.05) is 12.4 Å². The quantitative estimate of drug-likeness (QED) is 0.383. The first-order chi connectivity index (χ1) is 15.0. The molecule has 6 nitrogen and oxygen atoms in total. The summed E-state index contributed by atoms with van der Waals surface area (Å²) >= 11 is 7.83. The normalized spacial score (nSPS) is 10.9. The number of methoxy groups -OCH3 is 1. The average Bonchev–Trinajstić information content (AvgIpc) is 3.12. The van der Waals surface area contributed by atoms with Crippen LogP contribution in [0.3, 0.4) is 0 Å². The van der Waals surface area contributed by atoms with Crippen LogP contribution in [0.4, 0.5) is 5.69 Å². The Morgan fingerprint density at radius 2 is 2.10 bits per heavy atom. The van der Waals surface area contributed by atoms with Crippen LogP contribution >= 0.6 is 23.4 Å². The first-order valence-corrected chi connectivity index (χ1v) is 11.0. The third-order valence-corrected chi connectivity index (χ3v) is 6.08. The zero-order chi connectivity index (χ0) is 21.8. The molecular formula is C23H21ClN4O2S. The molecular weight excluding hydrogens is 432 g/mol. The summed E-state index contributed by atoms with van der Waals surface area (Å²) in [6.07, 6.45) is 3.42. The molecule has 0 saturated carbocycles. The van der Waals surface area contributed by atoms with Gasteiger partial charge in [0.05, 0.1) is 35.1 Å². The van der Waals surface area contributed by atoms with Crippen LogP contribution in [0.1, 0.15) is 11.1 Å². The number of nitrogens with zero attached hydrogens (tertiary/aromatic N) is 3. The molecule has 0 aliphatic heterocycles. The maximum atomic E-state index is 12.8. The van der Waals surface area contributed by atoms with Crippen molar-refractivity contribution in [3.63, 3.8) is 0 Å². The number of aromatic nitrogens is 3. The zero-order valence-corrected chi connectivity index (χ0v) is 18.7. The predicted octanol–water partition coefficient (Wildman–Crippen LogP) is 5.33. The van der Waals surface area contributed by atoms with E-state index in [-0.39, 0.29) is 12.5 Å². The summed E-state index contributed by atoms with van der Waals surface area (Å²) < 4.78 is 7.18. The Morgan fingerprint density at radius 1 is 1.23 bits per heavy atom. The molecule has 4 aromatic rings. The highest BCUT2D eigenvalue weighted by Gasteiger charge is 2.15. The molecule has 2 aromatic carbocycles. The number of aryl methyl sites for hydroxylation is 1. The van der Waals surface area contributed by atoms with Gasteiger partial charge in [0.2, 0.25) is 5.91 Å². The van der Waals surface area contributed by atoms with E-state index >= 15 is 0 Å². The van der Waals surface area contributed by atoms with Crippen molar-refractivity contribution in [3.8, 4) is 5.75 Å². The van der Waals surface area contributed by atoms with E-state index in [1.54, 1.807) is 31.3 Å². The number of ether oxygens (including phenoxy) is 1. The Bertz CT molecular complexity index is 1240. The minimum absolute atomic E-state index is 0.104. The largest absolute Gasteiger partial charge is 0.497 e. The van der Waals surface area contributed by atoms with E-state index in [1.165, 1.54) is 0 Å². The van der Waals surface area contributed by atoms with Crippen molar-refractivity contribution in [1.82, 2.24) is 14.5 Å². The van der Waals surface area contributed by atoms with Crippen LogP contribution in [0.25, 0.3) is 11.0 Å². The molecule has 1 amide bonds. The van der Waals surface area contributed by atoms with Crippen molar-refractivity contribution in [2.45, 2.75) is 24.4 Å². The van der Waals surface area contributed by atoms with E-state index < -0.39 is 0 Å². The highest BCUT2D eigenvalue weighted by Crippen LogP contribution is 2.28. The number of benzene rings is 2. The minimum atomic E-state index is -0.183. The molecule has 0 aliphatic carbocycles. The number of pyridine rings is 1. The van der Waals surface area contributed by atoms with E-state index in [4.69, 9.17) is 21.3 Å². The molecule has 0 unspecified atom stereocenters. The summed E-state index contributed by atoms with van der Waals surface area (Å²) in [4.78, 5) is 21.7. The van der Waals surface area contributed by atoms with Crippen molar-refractivity contribution in [1.29, 1.82) is 0 Å². The molecule has 0 fully saturated rings. The van der Waals surface area contributed by atoms with E-state index in [9.17, 15) is 4.79 Å². The van der Waals surface area contributed by atoms with E-state index in [2.05, 4.69) is 10.3 Å². The molecule has 2 heterocycles. The van der Waals surface area contributed by atoms with Crippen LogP contribution in [-0.2, 0) is 17.1 Å². The van der Waals surface area contributed by atoms with Crippen LogP contribution < -0.4 is 10.1 Å². The molecule has 0 saturated heterocycles. The second-order valence-corrected chi connectivity index (χ2v) is 8.37. The number of carbonyl (C=O) groups excluding carboxylic acids is 1. The lowest BCUT2D eigenvalue weighted by Crippen LogP contribution is -2.19. The standard InChI is InChI=1S/C23H21ClN4O2S/c1-15-6-7-19(18(24)10-15)26-22(29)13-28-21-12-25-9-8-20(21)27-23(28)31-14-16-4-3-5-17(11-16)30-2/h3-12H,13-14H2,1-2H3,(H,26,29). The maximum Gasteiger partial charge on any atom is 0.244 e. The Labute approximate surface area is 189 Å². The van der Waals surface area contributed by atoms with E-state index in [0.717, 1.165) is 33.1 Å². The van der Waals surface area contributed by atoms with Gasteiger partial charge in [0, 0.05) is 11.9 Å². The number of halogens is 1. The van der Waals surface area contributed by atoms with Crippen molar-refractivity contribution >= 4 is 46.0 Å². The van der Waals surface area contributed by atoms with Crippen molar-refractivity contribution in [2.24, 2.45) is 0 Å². The Kier molecular flexibility index (Phi) is 6.44. The number of imidazole rings is 1. The molecule has 8 heteroatoms. The molecule has 0 radical (unpaired) electrons. The number of hydrogen-bond acceptors (Lipinski definition) is 5. The van der Waals surface area contributed by atoms with E-state index in [1.807, 2.05) is 60.0 Å². The smallest absolute Gasteiger partial charge is 0.244 e. The topological polar surface area (TPSA) is 69.0 Å². The number of anilines is 1. The fraction of sp³-hybridized carbons (Fsp3) is 0.174. The highest BCUT2D eigenvalue weighted by atomic mass is 35.5. The molecule has 4 rings (SSSR count). The fourth-order valence-electron chi connectivity index (χ4n) is 3.18. The number of rotatable bonds is 7. The van der Waals surface area contributed by atoms with Gasteiger partial charge in [-0.2, -0.15) is 0 Å². The van der Waals surface area contributed by atoms with Crippen LogP contribution in [0.5, 0.6) is 5.75 Å². The summed E-state index contributed by atoms with van der Waals surface area (Å²) in [5, 5.41) is 4.15. The molecule has 0 aliphatic rings. The Hall–Kier alpha value is -3.03. The third-order valence-electron chi connectivity index (χ3n) is 4.72. The molecule has 158 valence electrons. The lowest BCUT2D eigenvalue weighted by atomic mass is 10.2. The SMILES string of the molecule is COc1cccc(CSc2nc3ccncc3n2CC(=O)Nc2ccc(C)cc2Cl)c1. The Balaban J connectivity index is 1.56. The molecule has 31 heavy (non-hydrogen) atoms. The van der Waals surface area contributed by atoms with Gasteiger partial charge in [-0.05, 0) is 48.4 Å². The number of hydrogen-bond donors (Lipinski definition) is 1. The zero-order valence-electron chi connectivity index (χ0n) is 17.1. The van der Waals surface area contributed by atoms with Gasteiger partial charge in [-0.15, -0.1) is 0 Å². The monoisotopic (exact) mass is 452 g/mol. The van der Waals surface area contributed by atoms with Crippen LogP contribution in [0, 0.1) is 6.92 Å². The first kappa shape index (κ1) is 21.2. The summed E-state index contributed by atoms with van der Waals surface area (Å²) in [5.74, 6) is 1.32. The predicted molar refractivity (Wildman–Crippen MR) is 125 cm³/mol. The molecule has 0 bridgehead atoms. The summed E-state index contributed by atoms with van der Waals surface area (Å²) in [6.45, 7) is 2.06. The Morgan fingerprint density at radius 3 is 2.90 bits per heavy atom.